The van der Waals surface area contributed by atoms with Gasteiger partial charge >= 0.3 is 12.4 Å². The number of aliphatic hydroxyl groups excluding tert-OH is 1. The molecule has 2 saturated heterocycles. The van der Waals surface area contributed by atoms with Crippen molar-refractivity contribution >= 4 is 17.7 Å². The van der Waals surface area contributed by atoms with Gasteiger partial charge in [-0.3, -0.25) is 14.4 Å². The van der Waals surface area contributed by atoms with E-state index < -0.39 is 71.5 Å². The van der Waals surface area contributed by atoms with Gasteiger partial charge in [0.1, 0.15) is 11.9 Å². The molecule has 7 nitrogen and oxygen atoms in total. The molecule has 2 aliphatic rings. The molecule has 0 aromatic heterocycles. The van der Waals surface area contributed by atoms with Crippen LogP contribution in [0.5, 0.6) is 0 Å². The molecule has 1 unspecified atom stereocenters. The normalized spacial score (nSPS) is 20.4. The first-order valence-electron chi connectivity index (χ1n) is 14.9. The number of hydrogen-bond donors (Lipinski definition) is 1. The van der Waals surface area contributed by atoms with E-state index in [4.69, 9.17) is 0 Å². The minimum absolute atomic E-state index is 0.0280. The Morgan fingerprint density at radius 2 is 1.48 bits per heavy atom. The van der Waals surface area contributed by atoms with Gasteiger partial charge in [0, 0.05) is 57.5 Å². The summed E-state index contributed by atoms with van der Waals surface area (Å²) in [6.45, 7) is 3.36. The Morgan fingerprint density at radius 3 is 2.00 bits per heavy atom. The summed E-state index contributed by atoms with van der Waals surface area (Å²) < 4.78 is 94.5. The van der Waals surface area contributed by atoms with E-state index in [0.29, 0.717) is 49.2 Å². The quantitative estimate of drug-likeness (QED) is 0.423. The molecule has 46 heavy (non-hydrogen) atoms. The lowest BCUT2D eigenvalue weighted by atomic mass is 9.77. The van der Waals surface area contributed by atoms with Crippen molar-refractivity contribution in [3.8, 4) is 0 Å². The number of carbonyl (C=O) groups is 3. The number of aryl methyl sites for hydroxylation is 1. The van der Waals surface area contributed by atoms with Gasteiger partial charge in [0.15, 0.2) is 0 Å². The summed E-state index contributed by atoms with van der Waals surface area (Å²) in [5.74, 6) is -3.44. The zero-order chi connectivity index (χ0) is 34.1. The van der Waals surface area contributed by atoms with E-state index >= 15 is 0 Å². The molecule has 14 heteroatoms. The fraction of sp³-hybridized carbons (Fsp3) is 0.531. The molecule has 2 fully saturated rings. The lowest BCUT2D eigenvalue weighted by Crippen LogP contribution is -2.51. The second-order valence-corrected chi connectivity index (χ2v) is 12.2. The molecule has 2 heterocycles. The minimum Gasteiger partial charge on any atom is -0.384 e. The highest BCUT2D eigenvalue weighted by Gasteiger charge is 2.41. The molecular formula is C32H36F7N3O4. The van der Waals surface area contributed by atoms with Crippen molar-refractivity contribution in [2.24, 2.45) is 11.8 Å². The molecule has 0 bridgehead atoms. The van der Waals surface area contributed by atoms with Crippen LogP contribution in [0.15, 0.2) is 36.4 Å². The molecule has 2 aliphatic heterocycles. The van der Waals surface area contributed by atoms with Gasteiger partial charge in [-0.25, -0.2) is 4.39 Å². The highest BCUT2D eigenvalue weighted by Crippen LogP contribution is 2.39. The molecule has 0 radical (unpaired) electrons. The van der Waals surface area contributed by atoms with E-state index in [9.17, 15) is 50.2 Å². The minimum atomic E-state index is -5.04. The number of amides is 3. The van der Waals surface area contributed by atoms with Crippen LogP contribution in [0, 0.1) is 24.6 Å². The smallest absolute Gasteiger partial charge is 0.384 e. The second kappa shape index (κ2) is 13.6. The monoisotopic (exact) mass is 659 g/mol. The third-order valence-corrected chi connectivity index (χ3v) is 8.83. The number of nitrogens with zero attached hydrogens (tertiary/aromatic N) is 3. The van der Waals surface area contributed by atoms with Crippen molar-refractivity contribution in [2.75, 3.05) is 33.2 Å². The SMILES string of the molecule is Cc1cc(F)ccc1C1CN(C(=O)C2CCN(C(=O)[C@@H](C)O)CC2)CC[C@@H]1C(=O)N(C)Cc1cc(C(F)(F)F)cc(C(F)(F)F)c1. The van der Waals surface area contributed by atoms with Crippen LogP contribution in [0.1, 0.15) is 59.9 Å². The summed E-state index contributed by atoms with van der Waals surface area (Å²) in [6.07, 6.45) is -10.3. The predicted octanol–water partition coefficient (Wildman–Crippen LogP) is 5.38. The number of halogens is 7. The maximum absolute atomic E-state index is 14.0. The Bertz CT molecular complexity index is 1420. The highest BCUT2D eigenvalue weighted by atomic mass is 19.4. The average molecular weight is 660 g/mol. The van der Waals surface area contributed by atoms with Crippen LogP contribution >= 0.6 is 0 Å². The summed E-state index contributed by atoms with van der Waals surface area (Å²) in [4.78, 5) is 43.7. The number of aliphatic hydroxyl groups is 1. The summed E-state index contributed by atoms with van der Waals surface area (Å²) >= 11 is 0. The predicted molar refractivity (Wildman–Crippen MR) is 152 cm³/mol. The van der Waals surface area contributed by atoms with Gasteiger partial charge in [-0.15, -0.1) is 0 Å². The molecule has 0 saturated carbocycles. The van der Waals surface area contributed by atoms with Crippen molar-refractivity contribution in [2.45, 2.75) is 64.0 Å². The van der Waals surface area contributed by atoms with Crippen LogP contribution in [-0.2, 0) is 33.3 Å². The molecule has 4 rings (SSSR count). The van der Waals surface area contributed by atoms with E-state index in [2.05, 4.69) is 0 Å². The van der Waals surface area contributed by atoms with Crippen molar-refractivity contribution < 1.29 is 50.2 Å². The molecule has 3 atom stereocenters. The van der Waals surface area contributed by atoms with E-state index in [1.165, 1.54) is 37.1 Å². The van der Waals surface area contributed by atoms with E-state index in [1.807, 2.05) is 0 Å². The Balaban J connectivity index is 1.56. The standard InChI is InChI=1S/C32H36F7N3O4/c1-18-12-24(33)4-5-25(18)27-17-42(29(45)21-6-9-41(10-7-21)28(44)19(2)43)11-8-26(27)30(46)40(3)16-20-13-22(31(34,35)36)15-23(14-20)32(37,38)39/h4-5,12-15,19,21,26-27,43H,6-11,16-17H2,1-3H3/t19-,26+,27?/m1/s1. The van der Waals surface area contributed by atoms with Crippen LogP contribution in [0.25, 0.3) is 0 Å². The van der Waals surface area contributed by atoms with Gasteiger partial charge in [-0.2, -0.15) is 26.3 Å². The van der Waals surface area contributed by atoms with Gasteiger partial charge < -0.3 is 19.8 Å². The summed E-state index contributed by atoms with van der Waals surface area (Å²) in [5, 5.41) is 9.60. The lowest BCUT2D eigenvalue weighted by Gasteiger charge is -2.42. The number of rotatable bonds is 6. The van der Waals surface area contributed by atoms with Crippen LogP contribution < -0.4 is 0 Å². The van der Waals surface area contributed by atoms with Gasteiger partial charge in [-0.05, 0) is 80.1 Å². The number of carbonyl (C=O) groups excluding carboxylic acids is 3. The fourth-order valence-corrected chi connectivity index (χ4v) is 6.43. The Labute approximate surface area is 261 Å². The second-order valence-electron chi connectivity index (χ2n) is 12.2. The first-order valence-corrected chi connectivity index (χ1v) is 14.9. The van der Waals surface area contributed by atoms with Crippen LogP contribution in [0.4, 0.5) is 30.7 Å². The number of alkyl halides is 6. The molecule has 0 spiro atoms. The number of likely N-dealkylation sites (tertiary alicyclic amines) is 2. The van der Waals surface area contributed by atoms with Crippen molar-refractivity contribution in [3.63, 3.8) is 0 Å². The van der Waals surface area contributed by atoms with Gasteiger partial charge in [0.05, 0.1) is 11.1 Å². The van der Waals surface area contributed by atoms with Crippen molar-refractivity contribution in [3.05, 3.63) is 70.0 Å². The first-order chi connectivity index (χ1) is 21.4. The Morgan fingerprint density at radius 1 is 0.913 bits per heavy atom. The van der Waals surface area contributed by atoms with Crippen molar-refractivity contribution in [1.29, 1.82) is 0 Å². The first kappa shape index (κ1) is 35.2. The highest BCUT2D eigenvalue weighted by molar-refractivity contribution is 5.83. The summed E-state index contributed by atoms with van der Waals surface area (Å²) in [6, 6.07) is 5.23. The maximum Gasteiger partial charge on any atom is 0.416 e. The van der Waals surface area contributed by atoms with Gasteiger partial charge in [0.2, 0.25) is 11.8 Å². The molecule has 3 amide bonds. The topological polar surface area (TPSA) is 81.2 Å². The van der Waals surface area contributed by atoms with E-state index in [-0.39, 0.29) is 37.0 Å². The van der Waals surface area contributed by atoms with Crippen LogP contribution in [-0.4, -0.2) is 76.9 Å². The third kappa shape index (κ3) is 7.99. The number of benzene rings is 2. The summed E-state index contributed by atoms with van der Waals surface area (Å²) in [5.41, 5.74) is -2.18. The van der Waals surface area contributed by atoms with Crippen molar-refractivity contribution in [1.82, 2.24) is 14.7 Å². The molecule has 0 aliphatic carbocycles. The Kier molecular flexibility index (Phi) is 10.4. The molecule has 1 N–H and O–H groups in total. The number of hydrogen-bond acceptors (Lipinski definition) is 4. The molecule has 2 aromatic carbocycles. The van der Waals surface area contributed by atoms with Gasteiger partial charge in [0.25, 0.3) is 5.91 Å². The van der Waals surface area contributed by atoms with Gasteiger partial charge in [-0.1, -0.05) is 6.07 Å². The van der Waals surface area contributed by atoms with Crippen LogP contribution in [0.2, 0.25) is 0 Å². The van der Waals surface area contributed by atoms with E-state index in [1.54, 1.807) is 11.8 Å². The Hall–Kier alpha value is -3.68. The zero-order valence-corrected chi connectivity index (χ0v) is 25.6. The fourth-order valence-electron chi connectivity index (χ4n) is 6.43. The largest absolute Gasteiger partial charge is 0.416 e. The number of piperidine rings is 2. The molecule has 252 valence electrons. The average Bonchev–Trinajstić information content (AvgIpc) is 2.98. The maximum atomic E-state index is 14.0. The van der Waals surface area contributed by atoms with Crippen LogP contribution in [0.3, 0.4) is 0 Å². The third-order valence-electron chi connectivity index (χ3n) is 8.83. The van der Waals surface area contributed by atoms with E-state index in [0.717, 1.165) is 4.90 Å². The lowest BCUT2D eigenvalue weighted by molar-refractivity contribution is -0.147. The summed E-state index contributed by atoms with van der Waals surface area (Å²) in [7, 11) is 1.30. The zero-order valence-electron chi connectivity index (χ0n) is 25.6. The molecular weight excluding hydrogens is 623 g/mol. The molecule has 2 aromatic rings.